The smallest absolute Gasteiger partial charge is 0.257 e. The lowest BCUT2D eigenvalue weighted by Gasteiger charge is -2.12. The maximum absolute atomic E-state index is 12.0. The van der Waals surface area contributed by atoms with Crippen LogP contribution in [0.2, 0.25) is 0 Å². The second kappa shape index (κ2) is 10.0. The largest absolute Gasteiger partial charge is 0.491 e. The van der Waals surface area contributed by atoms with Crippen molar-refractivity contribution in [2.75, 3.05) is 13.2 Å². The van der Waals surface area contributed by atoms with Crippen LogP contribution in [-0.2, 0) is 11.2 Å². The number of hydrogen-bond acceptors (Lipinski definition) is 3. The molecule has 2 rings (SSSR count). The fourth-order valence-electron chi connectivity index (χ4n) is 2.87. The van der Waals surface area contributed by atoms with E-state index in [1.807, 2.05) is 45.9 Å². The minimum absolute atomic E-state index is 0.0466. The van der Waals surface area contributed by atoms with E-state index in [1.54, 1.807) is 0 Å². The van der Waals surface area contributed by atoms with Crippen molar-refractivity contribution in [2.45, 2.75) is 53.6 Å². The fraction of sp³-hybridized carbons (Fsp3) is 0.435. The van der Waals surface area contributed by atoms with Crippen molar-refractivity contribution in [3.63, 3.8) is 0 Å². The molecule has 0 aliphatic heterocycles. The molecule has 0 atom stereocenters. The van der Waals surface area contributed by atoms with Gasteiger partial charge in [-0.3, -0.25) is 4.79 Å². The van der Waals surface area contributed by atoms with Crippen molar-refractivity contribution in [3.8, 4) is 11.5 Å². The first-order chi connectivity index (χ1) is 12.8. The van der Waals surface area contributed by atoms with E-state index < -0.39 is 0 Å². The summed E-state index contributed by atoms with van der Waals surface area (Å²) in [5, 5.41) is 2.92. The van der Waals surface area contributed by atoms with E-state index in [-0.39, 0.29) is 18.6 Å². The van der Waals surface area contributed by atoms with Crippen LogP contribution in [0.4, 0.5) is 0 Å². The van der Waals surface area contributed by atoms with Gasteiger partial charge in [0, 0.05) is 6.54 Å². The molecule has 0 heterocycles. The summed E-state index contributed by atoms with van der Waals surface area (Å²) in [6.07, 6.45) is 1.98. The van der Waals surface area contributed by atoms with Crippen LogP contribution in [0.1, 0.15) is 42.5 Å². The number of amides is 1. The summed E-state index contributed by atoms with van der Waals surface area (Å²) in [7, 11) is 0. The molecule has 2 aromatic rings. The minimum Gasteiger partial charge on any atom is -0.491 e. The standard InChI is InChI=1S/C23H31NO3/c1-16(2)27-21-10-8-20(9-11-21)7-6-12-24-23(25)15-26-22-14-17(3)13-18(4)19(22)5/h8-11,13-14,16H,6-7,12,15H2,1-5H3,(H,24,25). The van der Waals surface area contributed by atoms with Gasteiger partial charge in [-0.2, -0.15) is 0 Å². The van der Waals surface area contributed by atoms with E-state index in [1.165, 1.54) is 11.1 Å². The minimum atomic E-state index is -0.0887. The van der Waals surface area contributed by atoms with Crippen molar-refractivity contribution in [1.82, 2.24) is 5.32 Å². The Morgan fingerprint density at radius 3 is 2.44 bits per heavy atom. The molecule has 0 fully saturated rings. The Balaban J connectivity index is 1.69. The van der Waals surface area contributed by atoms with Gasteiger partial charge in [0.05, 0.1) is 6.10 Å². The zero-order valence-electron chi connectivity index (χ0n) is 17.1. The van der Waals surface area contributed by atoms with Crippen molar-refractivity contribution in [1.29, 1.82) is 0 Å². The molecule has 146 valence electrons. The Labute approximate surface area is 162 Å². The molecule has 0 aromatic heterocycles. The third-order valence-electron chi connectivity index (χ3n) is 4.38. The first-order valence-electron chi connectivity index (χ1n) is 9.58. The number of hydrogen-bond donors (Lipinski definition) is 1. The lowest BCUT2D eigenvalue weighted by Crippen LogP contribution is -2.30. The molecule has 0 unspecified atom stereocenters. The average molecular weight is 370 g/mol. The summed E-state index contributed by atoms with van der Waals surface area (Å²) in [6.45, 7) is 10.8. The highest BCUT2D eigenvalue weighted by Gasteiger charge is 2.07. The molecule has 0 spiro atoms. The molecular weight excluding hydrogens is 338 g/mol. The van der Waals surface area contributed by atoms with Gasteiger partial charge in [-0.15, -0.1) is 0 Å². The SMILES string of the molecule is Cc1cc(C)c(C)c(OCC(=O)NCCCc2ccc(OC(C)C)cc2)c1. The fourth-order valence-corrected chi connectivity index (χ4v) is 2.87. The Morgan fingerprint density at radius 1 is 1.07 bits per heavy atom. The van der Waals surface area contributed by atoms with Gasteiger partial charge in [0.25, 0.3) is 5.91 Å². The summed E-state index contributed by atoms with van der Waals surface area (Å²) >= 11 is 0. The Hall–Kier alpha value is -2.49. The molecule has 0 saturated carbocycles. The van der Waals surface area contributed by atoms with Crippen LogP contribution in [-0.4, -0.2) is 25.2 Å². The van der Waals surface area contributed by atoms with E-state index >= 15 is 0 Å². The van der Waals surface area contributed by atoms with Gasteiger partial charge in [-0.25, -0.2) is 0 Å². The van der Waals surface area contributed by atoms with E-state index in [0.717, 1.165) is 35.5 Å². The number of rotatable bonds is 9. The van der Waals surface area contributed by atoms with Gasteiger partial charge in [-0.1, -0.05) is 18.2 Å². The predicted molar refractivity (Wildman–Crippen MR) is 110 cm³/mol. The monoisotopic (exact) mass is 369 g/mol. The van der Waals surface area contributed by atoms with Crippen LogP contribution in [0.25, 0.3) is 0 Å². The van der Waals surface area contributed by atoms with Gasteiger partial charge in [-0.05, 0) is 87.9 Å². The van der Waals surface area contributed by atoms with Gasteiger partial charge in [0.1, 0.15) is 11.5 Å². The number of carbonyl (C=O) groups is 1. The topological polar surface area (TPSA) is 47.6 Å². The molecule has 4 heteroatoms. The van der Waals surface area contributed by atoms with Crippen molar-refractivity contribution in [2.24, 2.45) is 0 Å². The zero-order chi connectivity index (χ0) is 19.8. The quantitative estimate of drug-likeness (QED) is 0.661. The van der Waals surface area contributed by atoms with E-state index in [9.17, 15) is 4.79 Å². The lowest BCUT2D eigenvalue weighted by molar-refractivity contribution is -0.123. The molecule has 0 radical (unpaired) electrons. The van der Waals surface area contributed by atoms with Gasteiger partial charge < -0.3 is 14.8 Å². The average Bonchev–Trinajstić information content (AvgIpc) is 2.61. The van der Waals surface area contributed by atoms with Crippen LogP contribution in [0, 0.1) is 20.8 Å². The van der Waals surface area contributed by atoms with E-state index in [0.29, 0.717) is 6.54 Å². The van der Waals surface area contributed by atoms with Crippen LogP contribution >= 0.6 is 0 Å². The molecule has 27 heavy (non-hydrogen) atoms. The zero-order valence-corrected chi connectivity index (χ0v) is 17.1. The first-order valence-corrected chi connectivity index (χ1v) is 9.58. The van der Waals surface area contributed by atoms with Crippen LogP contribution in [0.15, 0.2) is 36.4 Å². The lowest BCUT2D eigenvalue weighted by atomic mass is 10.1. The van der Waals surface area contributed by atoms with Crippen LogP contribution < -0.4 is 14.8 Å². The summed E-state index contributed by atoms with van der Waals surface area (Å²) < 4.78 is 11.3. The summed E-state index contributed by atoms with van der Waals surface area (Å²) in [5.41, 5.74) is 4.63. The Bertz CT molecular complexity index is 751. The third-order valence-corrected chi connectivity index (χ3v) is 4.38. The number of ether oxygens (including phenoxy) is 2. The van der Waals surface area contributed by atoms with Gasteiger partial charge in [0.15, 0.2) is 6.61 Å². The highest BCUT2D eigenvalue weighted by molar-refractivity contribution is 5.77. The maximum Gasteiger partial charge on any atom is 0.257 e. The highest BCUT2D eigenvalue weighted by atomic mass is 16.5. The molecule has 1 N–H and O–H groups in total. The van der Waals surface area contributed by atoms with Crippen LogP contribution in [0.5, 0.6) is 11.5 Å². The normalized spacial score (nSPS) is 10.7. The molecule has 0 aliphatic rings. The number of nitrogens with one attached hydrogen (secondary N) is 1. The molecule has 0 aliphatic carbocycles. The Kier molecular flexibility index (Phi) is 7.71. The predicted octanol–water partition coefficient (Wildman–Crippen LogP) is 4.53. The van der Waals surface area contributed by atoms with Crippen molar-refractivity contribution >= 4 is 5.91 Å². The number of carbonyl (C=O) groups excluding carboxylic acids is 1. The van der Waals surface area contributed by atoms with E-state index in [2.05, 4.69) is 30.4 Å². The number of benzene rings is 2. The molecule has 0 bridgehead atoms. The van der Waals surface area contributed by atoms with Crippen LogP contribution in [0.3, 0.4) is 0 Å². The van der Waals surface area contributed by atoms with Crippen molar-refractivity contribution < 1.29 is 14.3 Å². The third kappa shape index (κ3) is 6.97. The van der Waals surface area contributed by atoms with Crippen molar-refractivity contribution in [3.05, 3.63) is 58.7 Å². The molecule has 1 amide bonds. The van der Waals surface area contributed by atoms with E-state index in [4.69, 9.17) is 9.47 Å². The Morgan fingerprint density at radius 2 is 1.78 bits per heavy atom. The van der Waals surface area contributed by atoms with Gasteiger partial charge >= 0.3 is 0 Å². The van der Waals surface area contributed by atoms with Gasteiger partial charge in [0.2, 0.25) is 0 Å². The molecular formula is C23H31NO3. The highest BCUT2D eigenvalue weighted by Crippen LogP contribution is 2.23. The number of aryl methyl sites for hydroxylation is 3. The summed E-state index contributed by atoms with van der Waals surface area (Å²) in [6, 6.07) is 12.2. The summed E-state index contributed by atoms with van der Waals surface area (Å²) in [5.74, 6) is 1.58. The maximum atomic E-state index is 12.0. The molecule has 0 saturated heterocycles. The molecule has 2 aromatic carbocycles. The first kappa shape index (κ1) is 20.8. The summed E-state index contributed by atoms with van der Waals surface area (Å²) in [4.78, 5) is 12.0. The molecule has 4 nitrogen and oxygen atoms in total. The second-order valence-electron chi connectivity index (χ2n) is 7.26. The second-order valence-corrected chi connectivity index (χ2v) is 7.26.